The largest absolute Gasteiger partial charge is 0.103 e. The lowest BCUT2D eigenvalue weighted by molar-refractivity contribution is 0.151. The molecule has 0 spiro atoms. The molecule has 0 N–H and O–H groups in total. The summed E-state index contributed by atoms with van der Waals surface area (Å²) >= 11 is 6.06. The van der Waals surface area contributed by atoms with Crippen LogP contribution in [-0.2, 0) is 0 Å². The van der Waals surface area contributed by atoms with E-state index in [2.05, 4.69) is 36.9 Å². The van der Waals surface area contributed by atoms with E-state index in [9.17, 15) is 0 Å². The fourth-order valence-corrected chi connectivity index (χ4v) is 6.92. The second-order valence-electron chi connectivity index (χ2n) is 10.5. The molecule has 1 heteroatoms. The summed E-state index contributed by atoms with van der Waals surface area (Å²) in [4.78, 5) is 0. The van der Waals surface area contributed by atoms with Crippen LogP contribution >= 0.6 is 11.6 Å². The third-order valence-electron chi connectivity index (χ3n) is 8.88. The van der Waals surface area contributed by atoms with Crippen LogP contribution < -0.4 is 0 Å². The molecular weight excluding hydrogens is 372 g/mol. The van der Waals surface area contributed by atoms with Crippen molar-refractivity contribution in [2.75, 3.05) is 0 Å². The Morgan fingerprint density at radius 3 is 1.69 bits per heavy atom. The third kappa shape index (κ3) is 5.90. The van der Waals surface area contributed by atoms with Gasteiger partial charge in [-0.25, -0.2) is 0 Å². The minimum atomic E-state index is 0.774. The van der Waals surface area contributed by atoms with Crippen molar-refractivity contribution in [2.45, 2.75) is 95.8 Å². The predicted octanol–water partition coefficient (Wildman–Crippen LogP) is 9.19. The minimum Gasteiger partial charge on any atom is -0.103 e. The van der Waals surface area contributed by atoms with Gasteiger partial charge in [-0.05, 0) is 117 Å². The molecule has 0 saturated heterocycles. The molecule has 0 atom stereocenters. The van der Waals surface area contributed by atoms with Crippen molar-refractivity contribution >= 4 is 11.6 Å². The maximum atomic E-state index is 6.06. The van der Waals surface area contributed by atoms with Gasteiger partial charge in [-0.1, -0.05) is 55.5 Å². The SMILES string of the molecule is C=CC1CCC(CCC2CCC(C3CCC(c4ccc(Cl)cc4)CC3)CC2)CC1. The number of halogens is 1. The smallest absolute Gasteiger partial charge is 0.0406 e. The summed E-state index contributed by atoms with van der Waals surface area (Å²) in [6.07, 6.45) is 22.7. The van der Waals surface area contributed by atoms with Gasteiger partial charge in [0.15, 0.2) is 0 Å². The maximum Gasteiger partial charge on any atom is 0.0406 e. The zero-order valence-electron chi connectivity index (χ0n) is 18.3. The maximum absolute atomic E-state index is 6.06. The molecule has 0 amide bonds. The normalized spacial score (nSPS) is 35.9. The fourth-order valence-electron chi connectivity index (χ4n) is 6.79. The highest BCUT2D eigenvalue weighted by molar-refractivity contribution is 6.30. The summed E-state index contributed by atoms with van der Waals surface area (Å²) in [5, 5.41) is 0.864. The Hall–Kier alpha value is -0.750. The number of rotatable bonds is 6. The summed E-state index contributed by atoms with van der Waals surface area (Å²) in [7, 11) is 0. The van der Waals surface area contributed by atoms with E-state index in [0.717, 1.165) is 40.5 Å². The fraction of sp³-hybridized carbons (Fsp3) is 0.714. The van der Waals surface area contributed by atoms with Gasteiger partial charge in [-0.3, -0.25) is 0 Å². The molecule has 3 fully saturated rings. The van der Waals surface area contributed by atoms with Crippen LogP contribution in [0.25, 0.3) is 0 Å². The van der Waals surface area contributed by atoms with Gasteiger partial charge >= 0.3 is 0 Å². The standard InChI is InChI=1S/C28H41Cl/c1-2-21-3-5-22(6-4-21)7-8-23-9-11-24(12-10-23)25-13-15-26(16-14-25)27-17-19-28(29)20-18-27/h2,17-26H,1,3-16H2. The zero-order valence-corrected chi connectivity index (χ0v) is 19.1. The summed E-state index contributed by atoms with van der Waals surface area (Å²) in [5.41, 5.74) is 1.51. The zero-order chi connectivity index (χ0) is 20.1. The van der Waals surface area contributed by atoms with Crippen molar-refractivity contribution in [3.05, 3.63) is 47.5 Å². The van der Waals surface area contributed by atoms with Gasteiger partial charge < -0.3 is 0 Å². The van der Waals surface area contributed by atoms with E-state index >= 15 is 0 Å². The van der Waals surface area contributed by atoms with Crippen molar-refractivity contribution in [3.63, 3.8) is 0 Å². The molecule has 29 heavy (non-hydrogen) atoms. The molecule has 1 aromatic rings. The average molecular weight is 413 g/mol. The van der Waals surface area contributed by atoms with E-state index in [1.165, 1.54) is 95.5 Å². The lowest BCUT2D eigenvalue weighted by atomic mass is 9.67. The summed E-state index contributed by atoms with van der Waals surface area (Å²) in [5.74, 6) is 5.68. The number of allylic oxidation sites excluding steroid dienone is 1. The highest BCUT2D eigenvalue weighted by Crippen LogP contribution is 2.45. The first-order valence-corrected chi connectivity index (χ1v) is 13.0. The van der Waals surface area contributed by atoms with E-state index in [0.29, 0.717) is 0 Å². The van der Waals surface area contributed by atoms with E-state index in [1.54, 1.807) is 0 Å². The van der Waals surface area contributed by atoms with Gasteiger partial charge in [0, 0.05) is 5.02 Å². The third-order valence-corrected chi connectivity index (χ3v) is 9.13. The first kappa shape index (κ1) is 21.5. The highest BCUT2D eigenvalue weighted by Gasteiger charge is 2.31. The first-order valence-electron chi connectivity index (χ1n) is 12.6. The van der Waals surface area contributed by atoms with Crippen LogP contribution in [-0.4, -0.2) is 0 Å². The van der Waals surface area contributed by atoms with Crippen molar-refractivity contribution < 1.29 is 0 Å². The average Bonchev–Trinajstić information content (AvgIpc) is 2.79. The lowest BCUT2D eigenvalue weighted by Gasteiger charge is -2.38. The van der Waals surface area contributed by atoms with Crippen molar-refractivity contribution in [3.8, 4) is 0 Å². The van der Waals surface area contributed by atoms with E-state index in [-0.39, 0.29) is 0 Å². The molecule has 0 radical (unpaired) electrons. The van der Waals surface area contributed by atoms with E-state index in [1.807, 2.05) is 0 Å². The van der Waals surface area contributed by atoms with Gasteiger partial charge in [0.25, 0.3) is 0 Å². The van der Waals surface area contributed by atoms with Crippen LogP contribution in [0.3, 0.4) is 0 Å². The number of hydrogen-bond donors (Lipinski definition) is 0. The van der Waals surface area contributed by atoms with Gasteiger partial charge in [0.05, 0.1) is 0 Å². The van der Waals surface area contributed by atoms with Crippen LogP contribution in [0.1, 0.15) is 101 Å². The molecule has 0 bridgehead atoms. The van der Waals surface area contributed by atoms with E-state index < -0.39 is 0 Å². The number of hydrogen-bond acceptors (Lipinski definition) is 0. The van der Waals surface area contributed by atoms with Gasteiger partial charge in [-0.15, -0.1) is 6.58 Å². The molecule has 0 aliphatic heterocycles. The molecule has 1 aromatic carbocycles. The monoisotopic (exact) mass is 412 g/mol. The Morgan fingerprint density at radius 2 is 1.17 bits per heavy atom. The Kier molecular flexibility index (Phi) is 7.79. The molecule has 0 aromatic heterocycles. The van der Waals surface area contributed by atoms with Crippen LogP contribution in [0.15, 0.2) is 36.9 Å². The van der Waals surface area contributed by atoms with Crippen LogP contribution in [0.4, 0.5) is 0 Å². The van der Waals surface area contributed by atoms with Crippen molar-refractivity contribution in [1.82, 2.24) is 0 Å². The lowest BCUT2D eigenvalue weighted by Crippen LogP contribution is -2.25. The minimum absolute atomic E-state index is 0.774. The topological polar surface area (TPSA) is 0 Å². The van der Waals surface area contributed by atoms with E-state index in [4.69, 9.17) is 11.6 Å². The molecule has 3 aliphatic carbocycles. The van der Waals surface area contributed by atoms with Gasteiger partial charge in [0.2, 0.25) is 0 Å². The molecule has 4 rings (SSSR count). The second-order valence-corrected chi connectivity index (χ2v) is 11.0. The Labute approximate surface area is 184 Å². The molecule has 3 saturated carbocycles. The first-order chi connectivity index (χ1) is 14.2. The van der Waals surface area contributed by atoms with Crippen LogP contribution in [0.5, 0.6) is 0 Å². The molecule has 3 aliphatic rings. The van der Waals surface area contributed by atoms with Gasteiger partial charge in [0.1, 0.15) is 0 Å². The summed E-state index contributed by atoms with van der Waals surface area (Å²) in [6.45, 7) is 3.99. The quantitative estimate of drug-likeness (QED) is 0.408. The molecule has 0 heterocycles. The molecule has 0 unspecified atom stereocenters. The van der Waals surface area contributed by atoms with Crippen molar-refractivity contribution in [2.24, 2.45) is 29.6 Å². The summed E-state index contributed by atoms with van der Waals surface area (Å²) < 4.78 is 0. The second kappa shape index (κ2) is 10.5. The summed E-state index contributed by atoms with van der Waals surface area (Å²) in [6, 6.07) is 8.63. The number of benzene rings is 1. The Bertz CT molecular complexity index is 608. The van der Waals surface area contributed by atoms with Crippen LogP contribution in [0, 0.1) is 29.6 Å². The Balaban J connectivity index is 1.14. The molecule has 160 valence electrons. The molecular formula is C28H41Cl. The van der Waals surface area contributed by atoms with Gasteiger partial charge in [-0.2, -0.15) is 0 Å². The predicted molar refractivity (Wildman–Crippen MR) is 126 cm³/mol. The van der Waals surface area contributed by atoms with Crippen molar-refractivity contribution in [1.29, 1.82) is 0 Å². The molecule has 0 nitrogen and oxygen atoms in total. The van der Waals surface area contributed by atoms with Crippen LogP contribution in [0.2, 0.25) is 5.02 Å². The highest BCUT2D eigenvalue weighted by atomic mass is 35.5. The Morgan fingerprint density at radius 1 is 0.690 bits per heavy atom.